The van der Waals surface area contributed by atoms with Crippen molar-refractivity contribution in [2.45, 2.75) is 6.92 Å². The van der Waals surface area contributed by atoms with Crippen LogP contribution in [0.15, 0.2) is 41.3 Å². The molecule has 0 unspecified atom stereocenters. The van der Waals surface area contributed by atoms with Crippen molar-refractivity contribution in [1.29, 1.82) is 0 Å². The summed E-state index contributed by atoms with van der Waals surface area (Å²) in [6.45, 7) is 1.80. The predicted octanol–water partition coefficient (Wildman–Crippen LogP) is 3.14. The molecule has 0 N–H and O–H groups in total. The number of hydrogen-bond donors (Lipinski definition) is 0. The van der Waals surface area contributed by atoms with E-state index in [0.717, 1.165) is 15.7 Å². The largest absolute Gasteiger partial charge is 0.264 e. The molecule has 2 rings (SSSR count). The molecule has 1 aromatic heterocycles. The smallest absolute Gasteiger partial charge is 0.107 e. The van der Waals surface area contributed by atoms with E-state index in [9.17, 15) is 0 Å². The number of imidazole rings is 1. The van der Waals surface area contributed by atoms with Gasteiger partial charge in [0.15, 0.2) is 0 Å². The van der Waals surface area contributed by atoms with Crippen LogP contribution in [0, 0.1) is 12.0 Å². The van der Waals surface area contributed by atoms with Crippen molar-refractivity contribution in [3.05, 3.63) is 41.3 Å². The van der Waals surface area contributed by atoms with Crippen molar-refractivity contribution in [3.8, 4) is 23.2 Å². The summed E-state index contributed by atoms with van der Waals surface area (Å²) in [4.78, 5) is 4.28. The molecule has 74 valence electrons. The summed E-state index contributed by atoms with van der Waals surface area (Å²) in [6.07, 6.45) is 3.63. The van der Waals surface area contributed by atoms with Gasteiger partial charge in [0, 0.05) is 22.3 Å². The number of rotatable bonds is 1. The van der Waals surface area contributed by atoms with E-state index in [2.05, 4.69) is 32.9 Å². The van der Waals surface area contributed by atoms with Gasteiger partial charge < -0.3 is 0 Å². The Morgan fingerprint density at radius 1 is 1.27 bits per heavy atom. The average Bonchev–Trinajstić information content (AvgIpc) is 2.68. The summed E-state index contributed by atoms with van der Waals surface area (Å²) in [5, 5.41) is 0. The fourth-order valence-electron chi connectivity index (χ4n) is 1.28. The van der Waals surface area contributed by atoms with E-state index in [-0.39, 0.29) is 0 Å². The molecule has 1 heterocycles. The van der Waals surface area contributed by atoms with Gasteiger partial charge in [-0.3, -0.25) is 4.57 Å². The first-order chi connectivity index (χ1) is 7.29. The van der Waals surface area contributed by atoms with Gasteiger partial charge in [-0.25, -0.2) is 4.98 Å². The van der Waals surface area contributed by atoms with Gasteiger partial charge in [-0.2, -0.15) is 0 Å². The number of aromatic nitrogens is 2. The van der Waals surface area contributed by atoms with Crippen LogP contribution in [-0.4, -0.2) is 9.55 Å². The topological polar surface area (TPSA) is 17.8 Å². The Morgan fingerprint density at radius 2 is 2.00 bits per heavy atom. The van der Waals surface area contributed by atoms with Crippen LogP contribution in [0.4, 0.5) is 0 Å². The number of hydrogen-bond acceptors (Lipinski definition) is 1. The lowest BCUT2D eigenvalue weighted by Gasteiger charge is -1.95. The highest BCUT2D eigenvalue weighted by Gasteiger charge is 2.00. The SMILES string of the molecule is CC#Cn1cnc(-c2ccc(Br)cc2)c1. The molecule has 0 saturated heterocycles. The Balaban J connectivity index is 2.35. The number of benzene rings is 1. The minimum Gasteiger partial charge on any atom is -0.264 e. The second kappa shape index (κ2) is 4.33. The third-order valence-electron chi connectivity index (χ3n) is 1.96. The third kappa shape index (κ3) is 2.28. The van der Waals surface area contributed by atoms with Crippen molar-refractivity contribution in [1.82, 2.24) is 9.55 Å². The summed E-state index contributed by atoms with van der Waals surface area (Å²) < 4.78 is 2.83. The molecule has 0 saturated carbocycles. The predicted molar refractivity (Wildman–Crippen MR) is 64.2 cm³/mol. The second-order valence-electron chi connectivity index (χ2n) is 3.03. The van der Waals surface area contributed by atoms with Crippen LogP contribution < -0.4 is 0 Å². The van der Waals surface area contributed by atoms with Crippen molar-refractivity contribution in [3.63, 3.8) is 0 Å². The summed E-state index contributed by atoms with van der Waals surface area (Å²) in [7, 11) is 0. The fourth-order valence-corrected chi connectivity index (χ4v) is 1.55. The van der Waals surface area contributed by atoms with Gasteiger partial charge in [0.2, 0.25) is 0 Å². The minimum atomic E-state index is 0.935. The fraction of sp³-hybridized carbons (Fsp3) is 0.0833. The van der Waals surface area contributed by atoms with Crippen molar-refractivity contribution >= 4 is 15.9 Å². The van der Waals surface area contributed by atoms with Crippen LogP contribution in [0.1, 0.15) is 6.92 Å². The average molecular weight is 261 g/mol. The van der Waals surface area contributed by atoms with Crippen LogP contribution in [0.25, 0.3) is 11.3 Å². The Hall–Kier alpha value is -1.53. The lowest BCUT2D eigenvalue weighted by atomic mass is 10.2. The summed E-state index contributed by atoms with van der Waals surface area (Å²) in [5.74, 6) is 2.82. The summed E-state index contributed by atoms with van der Waals surface area (Å²) >= 11 is 3.40. The standard InChI is InChI=1S/C12H9BrN2/c1-2-7-15-8-12(14-9-15)10-3-5-11(13)6-4-10/h3-6,8-9H,1H3. The van der Waals surface area contributed by atoms with Crippen molar-refractivity contribution < 1.29 is 0 Å². The van der Waals surface area contributed by atoms with Gasteiger partial charge in [0.1, 0.15) is 6.33 Å². The van der Waals surface area contributed by atoms with Crippen LogP contribution in [-0.2, 0) is 0 Å². The van der Waals surface area contributed by atoms with E-state index in [1.165, 1.54) is 0 Å². The van der Waals surface area contributed by atoms with E-state index in [0.29, 0.717) is 0 Å². The van der Waals surface area contributed by atoms with E-state index < -0.39 is 0 Å². The van der Waals surface area contributed by atoms with E-state index in [1.807, 2.05) is 30.5 Å². The molecule has 3 heteroatoms. The highest BCUT2D eigenvalue weighted by atomic mass is 79.9. The summed E-state index contributed by atoms with van der Waals surface area (Å²) in [5.41, 5.74) is 2.03. The third-order valence-corrected chi connectivity index (χ3v) is 2.49. The van der Waals surface area contributed by atoms with E-state index in [4.69, 9.17) is 0 Å². The van der Waals surface area contributed by atoms with Gasteiger partial charge in [0.05, 0.1) is 5.69 Å². The first-order valence-corrected chi connectivity index (χ1v) is 5.31. The monoisotopic (exact) mass is 260 g/mol. The van der Waals surface area contributed by atoms with Gasteiger partial charge in [-0.15, -0.1) is 0 Å². The molecule has 2 nitrogen and oxygen atoms in total. The Labute approximate surface area is 97.1 Å². The van der Waals surface area contributed by atoms with E-state index in [1.54, 1.807) is 17.8 Å². The molecule has 1 aromatic carbocycles. The quantitative estimate of drug-likeness (QED) is 0.721. The summed E-state index contributed by atoms with van der Waals surface area (Å²) in [6, 6.07) is 11.0. The maximum Gasteiger partial charge on any atom is 0.107 e. The van der Waals surface area contributed by atoms with Gasteiger partial charge >= 0.3 is 0 Å². The Morgan fingerprint density at radius 3 is 2.67 bits per heavy atom. The molecular weight excluding hydrogens is 252 g/mol. The molecule has 0 aliphatic carbocycles. The molecule has 0 aliphatic rings. The van der Waals surface area contributed by atoms with Gasteiger partial charge in [-0.1, -0.05) is 34.0 Å². The van der Waals surface area contributed by atoms with E-state index >= 15 is 0 Å². The highest BCUT2D eigenvalue weighted by Crippen LogP contribution is 2.19. The zero-order chi connectivity index (χ0) is 10.7. The highest BCUT2D eigenvalue weighted by molar-refractivity contribution is 9.10. The van der Waals surface area contributed by atoms with Crippen molar-refractivity contribution in [2.24, 2.45) is 0 Å². The van der Waals surface area contributed by atoms with Crippen LogP contribution in [0.3, 0.4) is 0 Å². The molecule has 0 atom stereocenters. The first kappa shape index (κ1) is 10.0. The van der Waals surface area contributed by atoms with Gasteiger partial charge in [-0.05, 0) is 19.1 Å². The normalized spacial score (nSPS) is 9.47. The molecule has 0 amide bonds. The number of halogens is 1. The molecule has 15 heavy (non-hydrogen) atoms. The molecular formula is C12H9BrN2. The Bertz CT molecular complexity index is 515. The molecule has 0 radical (unpaired) electrons. The zero-order valence-electron chi connectivity index (χ0n) is 8.24. The molecule has 0 aliphatic heterocycles. The second-order valence-corrected chi connectivity index (χ2v) is 3.95. The minimum absolute atomic E-state index is 0.935. The zero-order valence-corrected chi connectivity index (χ0v) is 9.82. The Kier molecular flexibility index (Phi) is 2.89. The van der Waals surface area contributed by atoms with Crippen molar-refractivity contribution in [2.75, 3.05) is 0 Å². The lowest BCUT2D eigenvalue weighted by Crippen LogP contribution is -1.80. The van der Waals surface area contributed by atoms with Crippen LogP contribution >= 0.6 is 15.9 Å². The maximum absolute atomic E-state index is 4.28. The van der Waals surface area contributed by atoms with Gasteiger partial charge in [0.25, 0.3) is 0 Å². The van der Waals surface area contributed by atoms with Crippen LogP contribution in [0.5, 0.6) is 0 Å². The molecule has 0 spiro atoms. The first-order valence-electron chi connectivity index (χ1n) is 4.52. The van der Waals surface area contributed by atoms with Crippen LogP contribution in [0.2, 0.25) is 0 Å². The maximum atomic E-state index is 4.28. The molecule has 0 fully saturated rings. The lowest BCUT2D eigenvalue weighted by molar-refractivity contribution is 1.11. The molecule has 0 bridgehead atoms. The number of nitrogens with zero attached hydrogens (tertiary/aromatic N) is 2. The molecule has 2 aromatic rings.